The van der Waals surface area contributed by atoms with Crippen LogP contribution in [0.1, 0.15) is 16.9 Å². The minimum absolute atomic E-state index is 0.00669. The van der Waals surface area contributed by atoms with Gasteiger partial charge < -0.3 is 5.73 Å². The van der Waals surface area contributed by atoms with E-state index in [1.54, 1.807) is 24.3 Å². The largest absolute Gasteiger partial charge is 0.390 e. The molecule has 4 nitrogen and oxygen atoms in total. The Morgan fingerprint density at radius 1 is 1.33 bits per heavy atom. The molecule has 0 spiro atoms. The quantitative estimate of drug-likeness (QED) is 0.915. The van der Waals surface area contributed by atoms with E-state index in [0.29, 0.717) is 10.9 Å². The Bertz CT molecular complexity index is 589. The maximum atomic E-state index is 12.2. The van der Waals surface area contributed by atoms with Crippen molar-refractivity contribution in [2.45, 2.75) is 19.1 Å². The number of carbonyl (C=O) groups excluding carboxylic acids is 1. The van der Waals surface area contributed by atoms with Crippen LogP contribution in [0.5, 0.6) is 0 Å². The molecule has 0 aliphatic heterocycles. The summed E-state index contributed by atoms with van der Waals surface area (Å²) in [4.78, 5) is 11.2. The van der Waals surface area contributed by atoms with Crippen molar-refractivity contribution in [3.8, 4) is 0 Å². The number of nitrogens with zero attached hydrogens (tertiary/aromatic N) is 2. The Morgan fingerprint density at radius 3 is 2.61 bits per heavy atom. The Morgan fingerprint density at radius 2 is 2.00 bits per heavy atom. The molecule has 2 rings (SSSR count). The van der Waals surface area contributed by atoms with Crippen LogP contribution in [-0.4, -0.2) is 21.9 Å². The number of hydrogen-bond donors (Lipinski definition) is 1. The molecule has 0 fully saturated rings. The first-order valence-corrected chi connectivity index (χ1v) is 5.20. The van der Waals surface area contributed by atoms with Crippen LogP contribution in [0.15, 0.2) is 24.3 Å². The molecule has 0 unspecified atom stereocenters. The van der Waals surface area contributed by atoms with Gasteiger partial charge in [-0.1, -0.05) is 18.2 Å². The molecule has 7 heteroatoms. The first kappa shape index (κ1) is 12.4. The van der Waals surface area contributed by atoms with Crippen molar-refractivity contribution >= 4 is 16.8 Å². The second-order valence-electron chi connectivity index (χ2n) is 3.82. The van der Waals surface area contributed by atoms with Crippen LogP contribution in [0, 0.1) is 0 Å². The molecule has 0 radical (unpaired) electrons. The van der Waals surface area contributed by atoms with Crippen molar-refractivity contribution in [3.05, 3.63) is 30.0 Å². The molecule has 96 valence electrons. The third kappa shape index (κ3) is 2.44. The van der Waals surface area contributed by atoms with Gasteiger partial charge in [-0.15, -0.1) is 0 Å². The first-order chi connectivity index (χ1) is 8.38. The van der Waals surface area contributed by atoms with E-state index in [0.717, 1.165) is 4.68 Å². The molecule has 0 bridgehead atoms. The Labute approximate surface area is 100 Å². The zero-order valence-corrected chi connectivity index (χ0v) is 9.24. The highest BCUT2D eigenvalue weighted by atomic mass is 19.4. The molecule has 0 saturated carbocycles. The summed E-state index contributed by atoms with van der Waals surface area (Å²) >= 11 is 0. The topological polar surface area (TPSA) is 60.9 Å². The molecule has 2 aromatic rings. The second kappa shape index (κ2) is 4.32. The number of alkyl halides is 3. The SMILES string of the molecule is NC(=O)c1nn(CCC(F)(F)F)c2ccccc12. The summed E-state index contributed by atoms with van der Waals surface area (Å²) in [5.74, 6) is -0.753. The highest BCUT2D eigenvalue weighted by Gasteiger charge is 2.27. The first-order valence-electron chi connectivity index (χ1n) is 5.20. The molecule has 1 aromatic carbocycles. The number of hydrogen-bond acceptors (Lipinski definition) is 2. The predicted molar refractivity (Wildman–Crippen MR) is 58.9 cm³/mol. The van der Waals surface area contributed by atoms with Gasteiger partial charge in [0, 0.05) is 5.39 Å². The summed E-state index contributed by atoms with van der Waals surface area (Å²) in [7, 11) is 0. The molecule has 0 aliphatic rings. The summed E-state index contributed by atoms with van der Waals surface area (Å²) in [5.41, 5.74) is 5.60. The molecule has 0 saturated heterocycles. The van der Waals surface area contributed by atoms with Crippen molar-refractivity contribution in [2.75, 3.05) is 0 Å². The molecular formula is C11H10F3N3O. The van der Waals surface area contributed by atoms with Gasteiger partial charge in [-0.05, 0) is 6.07 Å². The number of amides is 1. The van der Waals surface area contributed by atoms with Crippen LogP contribution in [0.2, 0.25) is 0 Å². The molecule has 2 N–H and O–H groups in total. The van der Waals surface area contributed by atoms with Crippen molar-refractivity contribution in [1.29, 1.82) is 0 Å². The van der Waals surface area contributed by atoms with Gasteiger partial charge in [0.2, 0.25) is 0 Å². The van der Waals surface area contributed by atoms with Crippen molar-refractivity contribution < 1.29 is 18.0 Å². The standard InChI is InChI=1S/C11H10F3N3O/c12-11(13,14)5-6-17-8-4-2-1-3-7(8)9(16-17)10(15)18/h1-4H,5-6H2,(H2,15,18). The normalized spacial score (nSPS) is 11.9. The maximum absolute atomic E-state index is 12.2. The lowest BCUT2D eigenvalue weighted by Gasteiger charge is -2.06. The molecule has 1 amide bonds. The molecule has 1 aromatic heterocycles. The Hall–Kier alpha value is -2.05. The number of rotatable bonds is 3. The van der Waals surface area contributed by atoms with Crippen LogP contribution in [0.25, 0.3) is 10.9 Å². The highest BCUT2D eigenvalue weighted by Crippen LogP contribution is 2.23. The fraction of sp³-hybridized carbons (Fsp3) is 0.273. The molecule has 1 heterocycles. The van der Waals surface area contributed by atoms with E-state index in [1.807, 2.05) is 0 Å². The third-order valence-corrected chi connectivity index (χ3v) is 2.50. The fourth-order valence-electron chi connectivity index (χ4n) is 1.71. The van der Waals surface area contributed by atoms with E-state index in [1.165, 1.54) is 0 Å². The lowest BCUT2D eigenvalue weighted by molar-refractivity contribution is -0.137. The molecular weight excluding hydrogens is 247 g/mol. The smallest absolute Gasteiger partial charge is 0.364 e. The van der Waals surface area contributed by atoms with Crippen molar-refractivity contribution in [3.63, 3.8) is 0 Å². The summed E-state index contributed by atoms with van der Waals surface area (Å²) < 4.78 is 37.7. The average Bonchev–Trinajstić information content (AvgIpc) is 2.64. The van der Waals surface area contributed by atoms with Gasteiger partial charge in [0.05, 0.1) is 18.5 Å². The Kier molecular flexibility index (Phi) is 2.98. The summed E-state index contributed by atoms with van der Waals surface area (Å²) in [5, 5.41) is 4.30. The van der Waals surface area contributed by atoms with Gasteiger partial charge in [-0.25, -0.2) is 0 Å². The van der Waals surface area contributed by atoms with E-state index in [2.05, 4.69) is 5.10 Å². The van der Waals surface area contributed by atoms with Gasteiger partial charge >= 0.3 is 6.18 Å². The number of nitrogens with two attached hydrogens (primary N) is 1. The summed E-state index contributed by atoms with van der Waals surface area (Å²) in [6.45, 7) is -0.336. The lowest BCUT2D eigenvalue weighted by atomic mass is 10.2. The zero-order valence-electron chi connectivity index (χ0n) is 9.24. The van der Waals surface area contributed by atoms with Crippen LogP contribution >= 0.6 is 0 Å². The summed E-state index contributed by atoms with van der Waals surface area (Å²) in [6.07, 6.45) is -5.27. The maximum Gasteiger partial charge on any atom is 0.390 e. The number of carbonyl (C=O) groups is 1. The van der Waals surface area contributed by atoms with E-state index in [-0.39, 0.29) is 12.2 Å². The zero-order chi connectivity index (χ0) is 13.3. The number of fused-ring (bicyclic) bond motifs is 1. The van der Waals surface area contributed by atoms with Gasteiger partial charge in [-0.2, -0.15) is 18.3 Å². The van der Waals surface area contributed by atoms with Crippen LogP contribution in [-0.2, 0) is 6.54 Å². The van der Waals surface area contributed by atoms with Crippen LogP contribution < -0.4 is 5.73 Å². The monoisotopic (exact) mass is 257 g/mol. The van der Waals surface area contributed by atoms with Crippen molar-refractivity contribution in [2.24, 2.45) is 5.73 Å². The number of aromatic nitrogens is 2. The predicted octanol–water partition coefficient (Wildman–Crippen LogP) is 2.09. The fourth-order valence-corrected chi connectivity index (χ4v) is 1.71. The number of primary amides is 1. The van der Waals surface area contributed by atoms with E-state index in [4.69, 9.17) is 5.73 Å². The Balaban J connectivity index is 2.42. The van der Waals surface area contributed by atoms with Crippen LogP contribution in [0.4, 0.5) is 13.2 Å². The van der Waals surface area contributed by atoms with Crippen molar-refractivity contribution in [1.82, 2.24) is 9.78 Å². The van der Waals surface area contributed by atoms with Crippen LogP contribution in [0.3, 0.4) is 0 Å². The minimum Gasteiger partial charge on any atom is -0.364 e. The third-order valence-electron chi connectivity index (χ3n) is 2.50. The second-order valence-corrected chi connectivity index (χ2v) is 3.82. The number of benzene rings is 1. The van der Waals surface area contributed by atoms with E-state index in [9.17, 15) is 18.0 Å². The number of para-hydroxylation sites is 1. The van der Waals surface area contributed by atoms with Gasteiger partial charge in [0.25, 0.3) is 5.91 Å². The minimum atomic E-state index is -4.26. The van der Waals surface area contributed by atoms with E-state index >= 15 is 0 Å². The lowest BCUT2D eigenvalue weighted by Crippen LogP contribution is -2.15. The highest BCUT2D eigenvalue weighted by molar-refractivity contribution is 6.04. The van der Waals surface area contributed by atoms with Gasteiger partial charge in [0.15, 0.2) is 5.69 Å². The van der Waals surface area contributed by atoms with Gasteiger partial charge in [-0.3, -0.25) is 9.48 Å². The molecule has 0 atom stereocenters. The molecule has 18 heavy (non-hydrogen) atoms. The van der Waals surface area contributed by atoms with E-state index < -0.39 is 18.5 Å². The summed E-state index contributed by atoms with van der Waals surface area (Å²) in [6, 6.07) is 6.54. The van der Waals surface area contributed by atoms with Gasteiger partial charge in [0.1, 0.15) is 0 Å². The number of aryl methyl sites for hydroxylation is 1. The average molecular weight is 257 g/mol. The number of halogens is 3. The molecule has 0 aliphatic carbocycles.